The number of rotatable bonds is 4. The number of nitrogens with zero attached hydrogens (tertiary/aromatic N) is 4. The normalized spacial score (nSPS) is 29.5. The zero-order valence-corrected chi connectivity index (χ0v) is 16.1. The van der Waals surface area contributed by atoms with Crippen LogP contribution in [0.2, 0.25) is 0 Å². The van der Waals surface area contributed by atoms with Gasteiger partial charge in [-0.25, -0.2) is 9.48 Å². The second-order valence-corrected chi connectivity index (χ2v) is 7.89. The molecule has 4 atom stereocenters. The second-order valence-electron chi connectivity index (χ2n) is 7.89. The third-order valence-electron chi connectivity index (χ3n) is 5.94. The molecule has 29 heavy (non-hydrogen) atoms. The lowest BCUT2D eigenvalue weighted by Crippen LogP contribution is -2.41. The fourth-order valence-electron chi connectivity index (χ4n) is 4.43. The molecule has 2 aliphatic heterocycles. The van der Waals surface area contributed by atoms with E-state index in [1.807, 2.05) is 24.4 Å². The van der Waals surface area contributed by atoms with E-state index in [0.29, 0.717) is 18.9 Å². The average molecular weight is 399 g/mol. The largest absolute Gasteiger partial charge is 0.441 e. The van der Waals surface area contributed by atoms with Crippen molar-refractivity contribution < 1.29 is 19.0 Å². The first kappa shape index (κ1) is 18.5. The van der Waals surface area contributed by atoms with Crippen LogP contribution in [0.4, 0.5) is 4.79 Å². The summed E-state index contributed by atoms with van der Waals surface area (Å²) in [5, 5.41) is 11.4. The van der Waals surface area contributed by atoms with Crippen LogP contribution in [-0.2, 0) is 14.2 Å². The number of fused-ring (bicyclic) bond motifs is 1. The molecule has 9 heteroatoms. The molecule has 1 aliphatic carbocycles. The molecular formula is C20H25N5O4. The van der Waals surface area contributed by atoms with Gasteiger partial charge in [-0.3, -0.25) is 4.98 Å². The predicted octanol–water partition coefficient (Wildman–Crippen LogP) is 2.11. The highest BCUT2D eigenvalue weighted by Gasteiger charge is 2.50. The van der Waals surface area contributed by atoms with Crippen LogP contribution < -0.4 is 5.32 Å². The lowest BCUT2D eigenvalue weighted by molar-refractivity contribution is 0.00170. The number of carbonyl (C=O) groups is 1. The van der Waals surface area contributed by atoms with Gasteiger partial charge in [-0.1, -0.05) is 30.5 Å². The number of ether oxygens (including phenoxy) is 3. The van der Waals surface area contributed by atoms with Crippen molar-refractivity contribution in [1.82, 2.24) is 25.3 Å². The van der Waals surface area contributed by atoms with Gasteiger partial charge in [-0.15, -0.1) is 5.10 Å². The van der Waals surface area contributed by atoms with Crippen molar-refractivity contribution in [3.8, 4) is 11.4 Å². The molecule has 0 spiro atoms. The molecule has 1 N–H and O–H groups in total. The summed E-state index contributed by atoms with van der Waals surface area (Å²) in [6.45, 7) is 0.760. The Balaban J connectivity index is 1.20. The molecule has 0 radical (unpaired) electrons. The Labute approximate surface area is 168 Å². The van der Waals surface area contributed by atoms with Gasteiger partial charge in [0.15, 0.2) is 6.10 Å². The lowest BCUT2D eigenvalue weighted by atomic mass is 9.96. The Morgan fingerprint density at radius 1 is 1.10 bits per heavy atom. The maximum absolute atomic E-state index is 12.3. The number of hydrogen-bond donors (Lipinski definition) is 1. The first-order valence-electron chi connectivity index (χ1n) is 10.3. The summed E-state index contributed by atoms with van der Waals surface area (Å²) in [6.07, 6.45) is 7.88. The average Bonchev–Trinajstić information content (AvgIpc) is 3.47. The van der Waals surface area contributed by atoms with Crippen LogP contribution >= 0.6 is 0 Å². The molecule has 5 rings (SSSR count). The van der Waals surface area contributed by atoms with E-state index in [4.69, 9.17) is 14.2 Å². The van der Waals surface area contributed by atoms with Crippen molar-refractivity contribution >= 4 is 6.09 Å². The van der Waals surface area contributed by atoms with Gasteiger partial charge in [-0.05, 0) is 25.0 Å². The minimum Gasteiger partial charge on any atom is -0.441 e. The minimum absolute atomic E-state index is 0.111. The van der Waals surface area contributed by atoms with Crippen molar-refractivity contribution in [2.75, 3.05) is 13.2 Å². The van der Waals surface area contributed by atoms with Gasteiger partial charge >= 0.3 is 6.09 Å². The van der Waals surface area contributed by atoms with Crippen molar-refractivity contribution in [1.29, 1.82) is 0 Å². The van der Waals surface area contributed by atoms with Crippen LogP contribution in [0.3, 0.4) is 0 Å². The van der Waals surface area contributed by atoms with E-state index >= 15 is 0 Å². The monoisotopic (exact) mass is 399 g/mol. The number of pyridine rings is 1. The molecule has 3 fully saturated rings. The van der Waals surface area contributed by atoms with Gasteiger partial charge in [0, 0.05) is 12.2 Å². The van der Waals surface area contributed by atoms with Crippen LogP contribution in [0.25, 0.3) is 11.4 Å². The van der Waals surface area contributed by atoms with E-state index in [2.05, 4.69) is 20.6 Å². The zero-order valence-electron chi connectivity index (χ0n) is 16.1. The van der Waals surface area contributed by atoms with Crippen LogP contribution in [0.1, 0.15) is 38.1 Å². The molecule has 2 aromatic rings. The molecule has 3 aliphatic rings. The van der Waals surface area contributed by atoms with E-state index in [0.717, 1.165) is 31.4 Å². The smallest absolute Gasteiger partial charge is 0.407 e. The number of carbonyl (C=O) groups excluding carboxylic acids is 1. The highest BCUT2D eigenvalue weighted by atomic mass is 16.6. The summed E-state index contributed by atoms with van der Waals surface area (Å²) in [4.78, 5) is 16.6. The topological polar surface area (TPSA) is 100 Å². The molecule has 1 amide bonds. The molecule has 154 valence electrons. The van der Waals surface area contributed by atoms with Crippen LogP contribution in [0, 0.1) is 0 Å². The maximum Gasteiger partial charge on any atom is 0.407 e. The molecule has 0 bridgehead atoms. The highest BCUT2D eigenvalue weighted by Crippen LogP contribution is 2.35. The van der Waals surface area contributed by atoms with E-state index in [-0.39, 0.29) is 30.4 Å². The number of alkyl carbamates (subject to hydrolysis) is 1. The highest BCUT2D eigenvalue weighted by molar-refractivity contribution is 5.68. The third-order valence-corrected chi connectivity index (χ3v) is 5.94. The van der Waals surface area contributed by atoms with E-state index in [1.165, 1.54) is 6.42 Å². The first-order chi connectivity index (χ1) is 14.3. The van der Waals surface area contributed by atoms with Crippen molar-refractivity contribution in [2.45, 2.75) is 62.5 Å². The molecule has 4 heterocycles. The van der Waals surface area contributed by atoms with Gasteiger partial charge in [-0.2, -0.15) is 0 Å². The Hall–Kier alpha value is -2.52. The second kappa shape index (κ2) is 8.08. The van der Waals surface area contributed by atoms with Gasteiger partial charge in [0.25, 0.3) is 0 Å². The van der Waals surface area contributed by atoms with Crippen LogP contribution in [0.5, 0.6) is 0 Å². The van der Waals surface area contributed by atoms with Crippen LogP contribution in [0.15, 0.2) is 30.6 Å². The molecular weight excluding hydrogens is 374 g/mol. The molecule has 9 nitrogen and oxygen atoms in total. The number of nitrogens with one attached hydrogen (secondary N) is 1. The Morgan fingerprint density at radius 2 is 1.97 bits per heavy atom. The Morgan fingerprint density at radius 3 is 2.79 bits per heavy atom. The standard InChI is InChI=1S/C20H25N5O4/c26-20(22-13-6-2-1-3-7-13)29-17-12-28-18-16(11-27-19(17)18)25-10-15(23-24-25)14-8-4-5-9-21-14/h4-5,8-10,13,16-19H,1-3,6-7,11-12H2,(H,22,26). The molecule has 1 saturated carbocycles. The summed E-state index contributed by atoms with van der Waals surface area (Å²) in [6, 6.07) is 5.77. The Kier molecular flexibility index (Phi) is 5.15. The lowest BCUT2D eigenvalue weighted by Gasteiger charge is -2.24. The quantitative estimate of drug-likeness (QED) is 0.840. The molecule has 0 aromatic carbocycles. The van der Waals surface area contributed by atoms with Gasteiger partial charge in [0.05, 0.1) is 25.1 Å². The summed E-state index contributed by atoms with van der Waals surface area (Å²) in [5.74, 6) is 0. The molecule has 4 unspecified atom stereocenters. The summed E-state index contributed by atoms with van der Waals surface area (Å²) in [5.41, 5.74) is 1.47. The number of hydrogen-bond acceptors (Lipinski definition) is 7. The number of amides is 1. The zero-order chi connectivity index (χ0) is 19.6. The van der Waals surface area contributed by atoms with Crippen molar-refractivity contribution in [3.05, 3.63) is 30.6 Å². The van der Waals surface area contributed by atoms with Crippen LogP contribution in [-0.4, -0.2) is 63.6 Å². The van der Waals surface area contributed by atoms with Gasteiger partial charge in [0.2, 0.25) is 0 Å². The van der Waals surface area contributed by atoms with E-state index in [1.54, 1.807) is 10.9 Å². The van der Waals surface area contributed by atoms with Gasteiger partial charge < -0.3 is 19.5 Å². The van der Waals surface area contributed by atoms with Crippen molar-refractivity contribution in [2.24, 2.45) is 0 Å². The molecule has 2 aromatic heterocycles. The third kappa shape index (κ3) is 3.84. The fourth-order valence-corrected chi connectivity index (χ4v) is 4.43. The first-order valence-corrected chi connectivity index (χ1v) is 10.3. The maximum atomic E-state index is 12.3. The summed E-state index contributed by atoms with van der Waals surface area (Å²) in [7, 11) is 0. The fraction of sp³-hybridized carbons (Fsp3) is 0.600. The molecule has 2 saturated heterocycles. The minimum atomic E-state index is -0.410. The predicted molar refractivity (Wildman–Crippen MR) is 102 cm³/mol. The van der Waals surface area contributed by atoms with E-state index in [9.17, 15) is 4.79 Å². The Bertz CT molecular complexity index is 838. The number of aromatic nitrogens is 4. The van der Waals surface area contributed by atoms with Gasteiger partial charge in [0.1, 0.15) is 23.9 Å². The summed E-state index contributed by atoms with van der Waals surface area (Å²) >= 11 is 0. The SMILES string of the molecule is O=C(NC1CCCCC1)OC1COC2C1OCC2n1cc(-c2ccccn2)nn1. The summed E-state index contributed by atoms with van der Waals surface area (Å²) < 4.78 is 19.3. The van der Waals surface area contributed by atoms with Crippen molar-refractivity contribution in [3.63, 3.8) is 0 Å². The van der Waals surface area contributed by atoms with E-state index < -0.39 is 6.10 Å².